The monoisotopic (exact) mass is 193 g/mol. The Bertz CT molecular complexity index is 209. The molecule has 3 nitrogen and oxygen atoms in total. The van der Waals surface area contributed by atoms with Crippen molar-refractivity contribution in [2.75, 3.05) is 11.5 Å². The third kappa shape index (κ3) is 5.55. The topological polar surface area (TPSA) is 60.2 Å². The van der Waals surface area contributed by atoms with Crippen molar-refractivity contribution >= 4 is 9.84 Å². The standard InChI is InChI=1S/C8H19NO2S/c1-4-8(9)6-12(10,11)5-7(2)3/h7-8H,4-6,9H2,1-3H3. The minimum absolute atomic E-state index is 0.127. The summed E-state index contributed by atoms with van der Waals surface area (Å²) in [6.45, 7) is 5.69. The van der Waals surface area contributed by atoms with Crippen molar-refractivity contribution in [3.8, 4) is 0 Å². The van der Waals surface area contributed by atoms with Gasteiger partial charge in [0.2, 0.25) is 0 Å². The van der Waals surface area contributed by atoms with Crippen LogP contribution in [0.15, 0.2) is 0 Å². The van der Waals surface area contributed by atoms with Gasteiger partial charge in [0.1, 0.15) is 0 Å². The maximum Gasteiger partial charge on any atom is 0.152 e. The van der Waals surface area contributed by atoms with Gasteiger partial charge in [-0.25, -0.2) is 8.42 Å². The second-order valence-electron chi connectivity index (χ2n) is 3.64. The SMILES string of the molecule is CCC(N)CS(=O)(=O)CC(C)C. The van der Waals surface area contributed by atoms with Gasteiger partial charge in [-0.15, -0.1) is 0 Å². The van der Waals surface area contributed by atoms with Crippen LogP contribution in [0, 0.1) is 5.92 Å². The van der Waals surface area contributed by atoms with E-state index in [-0.39, 0.29) is 23.5 Å². The molecule has 0 rings (SSSR count). The fraction of sp³-hybridized carbons (Fsp3) is 1.00. The third-order valence-corrected chi connectivity index (χ3v) is 3.69. The second-order valence-corrected chi connectivity index (χ2v) is 5.79. The molecule has 0 spiro atoms. The molecule has 4 heteroatoms. The molecular weight excluding hydrogens is 174 g/mol. The van der Waals surface area contributed by atoms with Gasteiger partial charge in [-0.1, -0.05) is 20.8 Å². The summed E-state index contributed by atoms with van der Waals surface area (Å²) < 4.78 is 22.7. The zero-order valence-electron chi connectivity index (χ0n) is 8.08. The molecule has 12 heavy (non-hydrogen) atoms. The van der Waals surface area contributed by atoms with Gasteiger partial charge in [-0.2, -0.15) is 0 Å². The number of hydrogen-bond acceptors (Lipinski definition) is 3. The van der Waals surface area contributed by atoms with E-state index in [2.05, 4.69) is 0 Å². The van der Waals surface area contributed by atoms with Crippen LogP contribution >= 0.6 is 0 Å². The Morgan fingerprint density at radius 3 is 2.08 bits per heavy atom. The lowest BCUT2D eigenvalue weighted by molar-refractivity contribution is 0.571. The molecule has 0 bridgehead atoms. The van der Waals surface area contributed by atoms with E-state index in [1.165, 1.54) is 0 Å². The Hall–Kier alpha value is -0.0900. The summed E-state index contributed by atoms with van der Waals surface area (Å²) in [5, 5.41) is 0. The van der Waals surface area contributed by atoms with Crippen LogP contribution in [0.25, 0.3) is 0 Å². The molecular formula is C8H19NO2S. The van der Waals surface area contributed by atoms with Crippen LogP contribution in [0.5, 0.6) is 0 Å². The molecule has 0 aliphatic rings. The zero-order valence-corrected chi connectivity index (χ0v) is 8.89. The first-order valence-electron chi connectivity index (χ1n) is 4.33. The van der Waals surface area contributed by atoms with Crippen LogP contribution in [0.4, 0.5) is 0 Å². The predicted octanol–water partition coefficient (Wildman–Crippen LogP) is 0.794. The predicted molar refractivity (Wildman–Crippen MR) is 51.8 cm³/mol. The first kappa shape index (κ1) is 11.9. The fourth-order valence-electron chi connectivity index (χ4n) is 1.02. The first-order valence-corrected chi connectivity index (χ1v) is 6.15. The van der Waals surface area contributed by atoms with E-state index in [1.807, 2.05) is 20.8 Å². The van der Waals surface area contributed by atoms with E-state index < -0.39 is 9.84 Å². The molecule has 0 fully saturated rings. The van der Waals surface area contributed by atoms with Gasteiger partial charge in [-0.3, -0.25) is 0 Å². The largest absolute Gasteiger partial charge is 0.327 e. The molecule has 2 N–H and O–H groups in total. The van der Waals surface area contributed by atoms with Crippen LogP contribution in [-0.4, -0.2) is 26.0 Å². The Balaban J connectivity index is 4.05. The third-order valence-electron chi connectivity index (χ3n) is 1.58. The lowest BCUT2D eigenvalue weighted by atomic mass is 10.3. The highest BCUT2D eigenvalue weighted by Crippen LogP contribution is 2.02. The number of hydrogen-bond donors (Lipinski definition) is 1. The fourth-order valence-corrected chi connectivity index (χ4v) is 3.06. The molecule has 0 radical (unpaired) electrons. The van der Waals surface area contributed by atoms with Gasteiger partial charge < -0.3 is 5.73 Å². The molecule has 74 valence electrons. The molecule has 0 aromatic rings. The number of nitrogens with two attached hydrogens (primary N) is 1. The number of sulfone groups is 1. The van der Waals surface area contributed by atoms with Gasteiger partial charge in [0, 0.05) is 6.04 Å². The Morgan fingerprint density at radius 1 is 1.25 bits per heavy atom. The molecule has 1 atom stereocenters. The van der Waals surface area contributed by atoms with E-state index >= 15 is 0 Å². The normalized spacial score (nSPS) is 15.1. The van der Waals surface area contributed by atoms with Gasteiger partial charge in [0.15, 0.2) is 9.84 Å². The summed E-state index contributed by atoms with van der Waals surface area (Å²) in [4.78, 5) is 0. The van der Waals surface area contributed by atoms with Crippen LogP contribution < -0.4 is 5.73 Å². The number of rotatable bonds is 5. The van der Waals surface area contributed by atoms with Crippen molar-refractivity contribution < 1.29 is 8.42 Å². The van der Waals surface area contributed by atoms with E-state index in [0.717, 1.165) is 6.42 Å². The summed E-state index contributed by atoms with van der Waals surface area (Å²) in [5.41, 5.74) is 5.56. The van der Waals surface area contributed by atoms with Gasteiger partial charge >= 0.3 is 0 Å². The Labute approximate surface area is 75.3 Å². The Morgan fingerprint density at radius 2 is 1.75 bits per heavy atom. The maximum atomic E-state index is 11.3. The van der Waals surface area contributed by atoms with Gasteiger partial charge in [0.05, 0.1) is 11.5 Å². The van der Waals surface area contributed by atoms with Gasteiger partial charge in [-0.05, 0) is 12.3 Å². The van der Waals surface area contributed by atoms with E-state index in [4.69, 9.17) is 5.73 Å². The van der Waals surface area contributed by atoms with Crippen LogP contribution in [0.1, 0.15) is 27.2 Å². The average molecular weight is 193 g/mol. The highest BCUT2D eigenvalue weighted by atomic mass is 32.2. The maximum absolute atomic E-state index is 11.3. The molecule has 0 aliphatic heterocycles. The van der Waals surface area contributed by atoms with E-state index in [9.17, 15) is 8.42 Å². The molecule has 1 unspecified atom stereocenters. The molecule has 0 aliphatic carbocycles. The highest BCUT2D eigenvalue weighted by molar-refractivity contribution is 7.91. The molecule has 0 aromatic heterocycles. The zero-order chi connectivity index (χ0) is 9.78. The van der Waals surface area contributed by atoms with Crippen LogP contribution in [0.3, 0.4) is 0 Å². The summed E-state index contributed by atoms with van der Waals surface area (Å²) >= 11 is 0. The quantitative estimate of drug-likeness (QED) is 0.702. The first-order chi connectivity index (χ1) is 5.37. The molecule has 0 amide bonds. The second kappa shape index (κ2) is 4.82. The van der Waals surface area contributed by atoms with Crippen LogP contribution in [0.2, 0.25) is 0 Å². The molecule has 0 heterocycles. The lowest BCUT2D eigenvalue weighted by Gasteiger charge is -2.10. The summed E-state index contributed by atoms with van der Waals surface area (Å²) in [6, 6.07) is -0.200. The summed E-state index contributed by atoms with van der Waals surface area (Å²) in [6.07, 6.45) is 0.720. The summed E-state index contributed by atoms with van der Waals surface area (Å²) in [7, 11) is -2.92. The van der Waals surface area contributed by atoms with Crippen molar-refractivity contribution in [3.63, 3.8) is 0 Å². The van der Waals surface area contributed by atoms with Crippen molar-refractivity contribution in [2.45, 2.75) is 33.2 Å². The average Bonchev–Trinajstić information content (AvgIpc) is 1.83. The lowest BCUT2D eigenvalue weighted by Crippen LogP contribution is -2.31. The smallest absolute Gasteiger partial charge is 0.152 e. The van der Waals surface area contributed by atoms with Crippen molar-refractivity contribution in [2.24, 2.45) is 11.7 Å². The van der Waals surface area contributed by atoms with Gasteiger partial charge in [0.25, 0.3) is 0 Å². The minimum Gasteiger partial charge on any atom is -0.327 e. The van der Waals surface area contributed by atoms with Crippen molar-refractivity contribution in [3.05, 3.63) is 0 Å². The molecule has 0 aromatic carbocycles. The Kier molecular flexibility index (Phi) is 4.78. The van der Waals surface area contributed by atoms with Crippen LogP contribution in [-0.2, 0) is 9.84 Å². The summed E-state index contributed by atoms with van der Waals surface area (Å²) in [5.74, 6) is 0.571. The highest BCUT2D eigenvalue weighted by Gasteiger charge is 2.16. The molecule has 0 saturated carbocycles. The minimum atomic E-state index is -2.92. The molecule has 0 saturated heterocycles. The van der Waals surface area contributed by atoms with E-state index in [0.29, 0.717) is 0 Å². The van der Waals surface area contributed by atoms with Crippen molar-refractivity contribution in [1.82, 2.24) is 0 Å². The van der Waals surface area contributed by atoms with E-state index in [1.54, 1.807) is 0 Å². The van der Waals surface area contributed by atoms with Crippen molar-refractivity contribution in [1.29, 1.82) is 0 Å².